The van der Waals surface area contributed by atoms with E-state index < -0.39 is 26.6 Å². The molecule has 1 N–H and O–H groups in total. The number of rotatable bonds is 58. The van der Waals surface area contributed by atoms with Crippen LogP contribution in [-0.2, 0) is 27.9 Å². The van der Waals surface area contributed by atoms with E-state index in [4.69, 9.17) is 13.8 Å². The predicted octanol–water partition coefficient (Wildman–Crippen LogP) is 20.0. The molecule has 0 saturated heterocycles. The number of amides is 1. The standard InChI is InChI=1S/C71H123N2O7P/c1-7-10-13-16-19-22-25-28-30-32-33-34-35-36-37-38-39-41-42-45-48-51-54-57-60-63-70(74)72-68(67-79-81(76,77)78-66-65-73(4,5)6)69(62-59-56-53-50-47-44-27-24-21-18-15-12-9-3)80-71(75)64-61-58-55-52-49-46-43-40-31-29-26-23-20-17-14-11-8-2/h10,13,19-20,22-23,28-31,33-34,36-37,39,41,43,46,59,62,68-69H,7-9,11-12,14-18,21,24-27,32,35,38,40,42,44-45,47-58,60-61,63-67H2,1-6H3,(H-,72,74,76,77)/b13-10-,22-19-,23-20-,30-28-,31-29-,34-33-,37-36-,41-39-,46-43-,62-59-. The molecule has 9 nitrogen and oxygen atoms in total. The van der Waals surface area contributed by atoms with Gasteiger partial charge in [0.25, 0.3) is 7.82 Å². The van der Waals surface area contributed by atoms with Gasteiger partial charge in [0.15, 0.2) is 0 Å². The average Bonchev–Trinajstić information content (AvgIpc) is 3.44. The van der Waals surface area contributed by atoms with E-state index >= 15 is 0 Å². The lowest BCUT2D eigenvalue weighted by Gasteiger charge is -2.30. The van der Waals surface area contributed by atoms with Crippen LogP contribution in [-0.4, -0.2) is 69.4 Å². The van der Waals surface area contributed by atoms with Crippen LogP contribution in [0.3, 0.4) is 0 Å². The number of phosphoric acid groups is 1. The van der Waals surface area contributed by atoms with Crippen LogP contribution in [0, 0.1) is 0 Å². The Morgan fingerprint density at radius 3 is 1.21 bits per heavy atom. The number of unbranched alkanes of at least 4 members (excludes halogenated alkanes) is 24. The van der Waals surface area contributed by atoms with E-state index in [9.17, 15) is 19.0 Å². The van der Waals surface area contributed by atoms with Gasteiger partial charge in [0.1, 0.15) is 19.3 Å². The highest BCUT2D eigenvalue weighted by Gasteiger charge is 2.27. The van der Waals surface area contributed by atoms with Gasteiger partial charge in [-0.15, -0.1) is 0 Å². The Labute approximate surface area is 499 Å². The Balaban J connectivity index is 5.28. The number of hydrogen-bond acceptors (Lipinski definition) is 7. The maximum atomic E-state index is 13.6. The fourth-order valence-electron chi connectivity index (χ4n) is 8.83. The van der Waals surface area contributed by atoms with Crippen molar-refractivity contribution in [1.29, 1.82) is 0 Å². The first-order chi connectivity index (χ1) is 39.4. The quantitative estimate of drug-likeness (QED) is 0.0212. The topological polar surface area (TPSA) is 114 Å². The molecule has 0 saturated carbocycles. The third-order valence-corrected chi connectivity index (χ3v) is 14.8. The second kappa shape index (κ2) is 59.6. The molecule has 0 spiro atoms. The third-order valence-electron chi connectivity index (χ3n) is 13.9. The molecule has 464 valence electrons. The van der Waals surface area contributed by atoms with E-state index in [0.717, 1.165) is 135 Å². The van der Waals surface area contributed by atoms with Crippen LogP contribution in [0.15, 0.2) is 122 Å². The van der Waals surface area contributed by atoms with E-state index in [0.29, 0.717) is 23.9 Å². The van der Waals surface area contributed by atoms with Crippen molar-refractivity contribution in [1.82, 2.24) is 5.32 Å². The monoisotopic (exact) mass is 1150 g/mol. The molecule has 0 aliphatic heterocycles. The van der Waals surface area contributed by atoms with Gasteiger partial charge in [-0.1, -0.05) is 252 Å². The smallest absolute Gasteiger partial charge is 0.306 e. The van der Waals surface area contributed by atoms with Gasteiger partial charge in [-0.05, 0) is 122 Å². The molecular formula is C71H123N2O7P. The van der Waals surface area contributed by atoms with Gasteiger partial charge in [-0.25, -0.2) is 0 Å². The lowest BCUT2D eigenvalue weighted by atomic mass is 10.0. The summed E-state index contributed by atoms with van der Waals surface area (Å²) < 4.78 is 30.3. The molecule has 0 bridgehead atoms. The van der Waals surface area contributed by atoms with E-state index in [1.807, 2.05) is 33.3 Å². The van der Waals surface area contributed by atoms with Crippen LogP contribution in [0.4, 0.5) is 0 Å². The summed E-state index contributed by atoms with van der Waals surface area (Å²) in [5, 5.41) is 3.02. The van der Waals surface area contributed by atoms with Crippen molar-refractivity contribution in [3.05, 3.63) is 122 Å². The van der Waals surface area contributed by atoms with Crippen LogP contribution < -0.4 is 10.2 Å². The van der Waals surface area contributed by atoms with Gasteiger partial charge < -0.3 is 28.5 Å². The van der Waals surface area contributed by atoms with Gasteiger partial charge >= 0.3 is 5.97 Å². The van der Waals surface area contributed by atoms with E-state index in [1.54, 1.807) is 0 Å². The first-order valence-electron chi connectivity index (χ1n) is 32.8. The molecule has 3 atom stereocenters. The zero-order chi connectivity index (χ0) is 59.3. The van der Waals surface area contributed by atoms with E-state index in [-0.39, 0.29) is 31.3 Å². The summed E-state index contributed by atoms with van der Waals surface area (Å²) in [5.41, 5.74) is 0. The summed E-state index contributed by atoms with van der Waals surface area (Å²) in [5.74, 6) is -0.588. The summed E-state index contributed by atoms with van der Waals surface area (Å²) >= 11 is 0. The Hall–Kier alpha value is -3.59. The molecule has 0 aliphatic carbocycles. The largest absolute Gasteiger partial charge is 0.756 e. The summed E-state index contributed by atoms with van der Waals surface area (Å²) in [7, 11) is 1.15. The number of likely N-dealkylation sites (N-methyl/N-ethyl adjacent to an activating group) is 1. The number of carbonyl (C=O) groups excluding carboxylic acids is 2. The van der Waals surface area contributed by atoms with E-state index in [2.05, 4.69) is 135 Å². The highest BCUT2D eigenvalue weighted by atomic mass is 31.2. The SMILES string of the molecule is CC/C=C\C/C=C\C/C=C\C/C=C\C/C=C\C/C=C\CCCCCCCCC(=O)NC(COP(=O)([O-])OCC[N+](C)(C)C)C(/C=C\CCCCCCCCCCCCC)OC(=O)CCCCCC/C=C\C/C=C\C/C=C\CCCCC. The van der Waals surface area contributed by atoms with Gasteiger partial charge in [0.2, 0.25) is 5.91 Å². The highest BCUT2D eigenvalue weighted by Crippen LogP contribution is 2.38. The average molecular weight is 1150 g/mol. The molecule has 0 aromatic carbocycles. The lowest BCUT2D eigenvalue weighted by molar-refractivity contribution is -0.870. The summed E-state index contributed by atoms with van der Waals surface area (Å²) in [6.07, 6.45) is 83.0. The lowest BCUT2D eigenvalue weighted by Crippen LogP contribution is -2.47. The Bertz CT molecular complexity index is 1800. The molecule has 0 rings (SSSR count). The van der Waals surface area contributed by atoms with Crippen molar-refractivity contribution in [3.63, 3.8) is 0 Å². The Kier molecular flexibility index (Phi) is 56.9. The summed E-state index contributed by atoms with van der Waals surface area (Å²) in [6.45, 7) is 6.67. The van der Waals surface area contributed by atoms with Crippen molar-refractivity contribution in [2.45, 2.75) is 277 Å². The summed E-state index contributed by atoms with van der Waals surface area (Å²) in [4.78, 5) is 40.1. The minimum atomic E-state index is -4.72. The number of nitrogens with zero attached hydrogens (tertiary/aromatic N) is 1. The van der Waals surface area contributed by atoms with Crippen molar-refractivity contribution in [3.8, 4) is 0 Å². The number of quaternary nitrogens is 1. The van der Waals surface area contributed by atoms with Gasteiger partial charge in [-0.2, -0.15) is 0 Å². The molecule has 10 heteroatoms. The molecule has 0 radical (unpaired) electrons. The van der Waals surface area contributed by atoms with Crippen LogP contribution in [0.2, 0.25) is 0 Å². The maximum Gasteiger partial charge on any atom is 0.306 e. The van der Waals surface area contributed by atoms with Crippen molar-refractivity contribution in [2.24, 2.45) is 0 Å². The fraction of sp³-hybridized carbons (Fsp3) is 0.690. The third kappa shape index (κ3) is 60.8. The molecule has 81 heavy (non-hydrogen) atoms. The maximum absolute atomic E-state index is 13.6. The van der Waals surface area contributed by atoms with Gasteiger partial charge in [0.05, 0.1) is 33.8 Å². The number of phosphoric ester groups is 1. The van der Waals surface area contributed by atoms with E-state index in [1.165, 1.54) is 83.5 Å². The summed E-state index contributed by atoms with van der Waals surface area (Å²) in [6, 6.07) is -0.915. The van der Waals surface area contributed by atoms with Crippen molar-refractivity contribution < 1.29 is 37.3 Å². The Morgan fingerprint density at radius 2 is 0.790 bits per heavy atom. The molecule has 0 heterocycles. The minimum absolute atomic E-state index is 0.0356. The number of hydrogen-bond donors (Lipinski definition) is 1. The molecule has 1 amide bonds. The molecular weight excluding hydrogens is 1020 g/mol. The fourth-order valence-corrected chi connectivity index (χ4v) is 9.55. The highest BCUT2D eigenvalue weighted by molar-refractivity contribution is 7.45. The van der Waals surface area contributed by atoms with Crippen LogP contribution in [0.1, 0.15) is 265 Å². The number of ether oxygens (including phenoxy) is 1. The first-order valence-corrected chi connectivity index (χ1v) is 34.3. The zero-order valence-electron chi connectivity index (χ0n) is 52.9. The molecule has 0 aromatic rings. The minimum Gasteiger partial charge on any atom is -0.756 e. The molecule has 0 aromatic heterocycles. The van der Waals surface area contributed by atoms with Crippen LogP contribution in [0.5, 0.6) is 0 Å². The zero-order valence-corrected chi connectivity index (χ0v) is 53.8. The predicted molar refractivity (Wildman–Crippen MR) is 348 cm³/mol. The number of carbonyl (C=O) groups is 2. The second-order valence-electron chi connectivity index (χ2n) is 22.9. The van der Waals surface area contributed by atoms with Gasteiger partial charge in [-0.3, -0.25) is 14.2 Å². The van der Waals surface area contributed by atoms with Crippen LogP contribution >= 0.6 is 7.82 Å². The number of allylic oxidation sites excluding steroid dienone is 19. The first kappa shape index (κ1) is 77.4. The number of esters is 1. The van der Waals surface area contributed by atoms with Crippen molar-refractivity contribution in [2.75, 3.05) is 40.9 Å². The second-order valence-corrected chi connectivity index (χ2v) is 24.3. The molecule has 3 unspecified atom stereocenters. The van der Waals surface area contributed by atoms with Crippen LogP contribution in [0.25, 0.3) is 0 Å². The number of nitrogens with one attached hydrogen (secondary N) is 1. The molecule has 0 aliphatic rings. The normalized spacial score (nSPS) is 14.4. The van der Waals surface area contributed by atoms with Crippen molar-refractivity contribution >= 4 is 19.7 Å². The Morgan fingerprint density at radius 1 is 0.444 bits per heavy atom. The molecule has 0 fully saturated rings. The van der Waals surface area contributed by atoms with Gasteiger partial charge in [0, 0.05) is 12.8 Å².